The maximum atomic E-state index is 14.3. The van der Waals surface area contributed by atoms with Gasteiger partial charge in [0.2, 0.25) is 0 Å². The van der Waals surface area contributed by atoms with Gasteiger partial charge in [0.15, 0.2) is 11.8 Å². The van der Waals surface area contributed by atoms with Crippen LogP contribution in [0.2, 0.25) is 0 Å². The van der Waals surface area contributed by atoms with E-state index in [1.54, 1.807) is 17.4 Å². The lowest BCUT2D eigenvalue weighted by Crippen LogP contribution is -2.41. The summed E-state index contributed by atoms with van der Waals surface area (Å²) >= 11 is 1.70. The fraction of sp³-hybridized carbons (Fsp3) is 0.381. The van der Waals surface area contributed by atoms with Crippen molar-refractivity contribution in [3.8, 4) is 0 Å². The molecule has 9 heteroatoms. The van der Waals surface area contributed by atoms with Crippen molar-refractivity contribution in [2.75, 3.05) is 6.54 Å². The number of hydrogen-bond acceptors (Lipinski definition) is 4. The lowest BCUT2D eigenvalue weighted by molar-refractivity contribution is 0.559. The third-order valence-electron chi connectivity index (χ3n) is 5.46. The van der Waals surface area contributed by atoms with Crippen LogP contribution in [0.25, 0.3) is 0 Å². The van der Waals surface area contributed by atoms with E-state index in [0.29, 0.717) is 25.6 Å². The summed E-state index contributed by atoms with van der Waals surface area (Å²) < 4.78 is 16.2. The van der Waals surface area contributed by atoms with Crippen molar-refractivity contribution < 1.29 is 4.39 Å². The summed E-state index contributed by atoms with van der Waals surface area (Å²) in [6.45, 7) is 3.67. The van der Waals surface area contributed by atoms with Crippen molar-refractivity contribution >= 4 is 41.3 Å². The number of thiophene rings is 1. The molecule has 1 aliphatic carbocycles. The molecule has 2 aromatic heterocycles. The first kappa shape index (κ1) is 22.7. The quantitative estimate of drug-likeness (QED) is 0.271. The van der Waals surface area contributed by atoms with Gasteiger partial charge >= 0.3 is 0 Å². The van der Waals surface area contributed by atoms with E-state index in [1.165, 1.54) is 10.9 Å². The van der Waals surface area contributed by atoms with Crippen LogP contribution >= 0.6 is 35.3 Å². The van der Waals surface area contributed by atoms with Crippen molar-refractivity contribution in [3.63, 3.8) is 0 Å². The predicted molar refractivity (Wildman–Crippen MR) is 129 cm³/mol. The standard InChI is InChI=1S/C21H25FN6S.HI/c1-15-26-27-19(28(15)2)13-24-20(23-12-16-6-5-11-29-16)25-14-21(9-10-21)17-7-3-4-8-18(17)22;/h3-8,11H,9-10,12-14H2,1-2H3,(H2,23,24,25);1H. The van der Waals surface area contributed by atoms with Gasteiger partial charge in [-0.1, -0.05) is 24.3 Å². The fourth-order valence-electron chi connectivity index (χ4n) is 3.33. The van der Waals surface area contributed by atoms with E-state index in [4.69, 9.17) is 4.99 Å². The van der Waals surface area contributed by atoms with E-state index in [2.05, 4.69) is 32.3 Å². The minimum absolute atomic E-state index is 0. The fourth-order valence-corrected chi connectivity index (χ4v) is 3.98. The summed E-state index contributed by atoms with van der Waals surface area (Å²) in [5.74, 6) is 2.22. The first-order valence-electron chi connectivity index (χ1n) is 9.72. The number of benzene rings is 1. The average Bonchev–Trinajstić information content (AvgIpc) is 3.18. The molecule has 0 radical (unpaired) electrons. The highest BCUT2D eigenvalue weighted by Crippen LogP contribution is 2.48. The molecule has 2 heterocycles. The van der Waals surface area contributed by atoms with Crippen LogP contribution in [0.1, 0.15) is 34.9 Å². The second kappa shape index (κ2) is 9.86. The second-order valence-electron chi connectivity index (χ2n) is 7.43. The monoisotopic (exact) mass is 540 g/mol. The summed E-state index contributed by atoms with van der Waals surface area (Å²) in [6.07, 6.45) is 1.95. The molecule has 1 aliphatic rings. The Morgan fingerprint density at radius 3 is 2.63 bits per heavy atom. The zero-order chi connectivity index (χ0) is 20.3. The highest BCUT2D eigenvalue weighted by Gasteiger charge is 2.45. The van der Waals surface area contributed by atoms with Gasteiger partial charge < -0.3 is 15.2 Å². The van der Waals surface area contributed by atoms with E-state index < -0.39 is 0 Å². The van der Waals surface area contributed by atoms with E-state index in [1.807, 2.05) is 36.7 Å². The molecule has 4 rings (SSSR count). The minimum Gasteiger partial charge on any atom is -0.355 e. The summed E-state index contributed by atoms with van der Waals surface area (Å²) in [7, 11) is 1.93. The second-order valence-corrected chi connectivity index (χ2v) is 8.47. The van der Waals surface area contributed by atoms with E-state index >= 15 is 0 Å². The van der Waals surface area contributed by atoms with Gasteiger partial charge in [-0.05, 0) is 42.8 Å². The number of aryl methyl sites for hydroxylation is 1. The van der Waals surface area contributed by atoms with Crippen molar-refractivity contribution in [1.82, 2.24) is 25.4 Å². The van der Waals surface area contributed by atoms with Crippen LogP contribution in [0.4, 0.5) is 4.39 Å². The Hall–Kier alpha value is -2.01. The number of aliphatic imine (C=N–C) groups is 1. The average molecular weight is 540 g/mol. The molecule has 160 valence electrons. The third-order valence-corrected chi connectivity index (χ3v) is 6.34. The Morgan fingerprint density at radius 2 is 2.00 bits per heavy atom. The molecule has 6 nitrogen and oxygen atoms in total. The molecule has 0 bridgehead atoms. The summed E-state index contributed by atoms with van der Waals surface area (Å²) in [5.41, 5.74) is 0.631. The normalized spacial score (nSPS) is 14.8. The first-order chi connectivity index (χ1) is 14.1. The molecular formula is C21H26FIN6S. The lowest BCUT2D eigenvalue weighted by Gasteiger charge is -2.19. The Balaban J connectivity index is 0.00000256. The van der Waals surface area contributed by atoms with Crippen molar-refractivity contribution in [2.45, 2.75) is 38.3 Å². The van der Waals surface area contributed by atoms with Gasteiger partial charge in [0, 0.05) is 23.9 Å². The highest BCUT2D eigenvalue weighted by atomic mass is 127. The Labute approximate surface area is 197 Å². The molecule has 0 spiro atoms. The number of rotatable bonds is 7. The first-order valence-corrected chi connectivity index (χ1v) is 10.6. The van der Waals surface area contributed by atoms with Crippen molar-refractivity contribution in [2.24, 2.45) is 12.0 Å². The molecule has 2 N–H and O–H groups in total. The maximum absolute atomic E-state index is 14.3. The van der Waals surface area contributed by atoms with Gasteiger partial charge in [-0.15, -0.1) is 45.5 Å². The molecule has 1 saturated carbocycles. The van der Waals surface area contributed by atoms with Gasteiger partial charge in [-0.2, -0.15) is 0 Å². The SMILES string of the molecule is Cc1nnc(CN=C(NCc2cccs2)NCC2(c3ccccc3F)CC2)n1C.I. The van der Waals surface area contributed by atoms with Gasteiger partial charge in [0.1, 0.15) is 18.2 Å². The minimum atomic E-state index is -0.155. The molecule has 3 aromatic rings. The number of halogens is 2. The summed E-state index contributed by atoms with van der Waals surface area (Å²) in [4.78, 5) is 5.92. The number of nitrogens with one attached hydrogen (secondary N) is 2. The van der Waals surface area contributed by atoms with E-state index in [9.17, 15) is 4.39 Å². The zero-order valence-corrected chi connectivity index (χ0v) is 20.2. The van der Waals surface area contributed by atoms with Crippen LogP contribution in [0.3, 0.4) is 0 Å². The molecule has 0 saturated heterocycles. The topological polar surface area (TPSA) is 67.1 Å². The van der Waals surface area contributed by atoms with E-state index in [-0.39, 0.29) is 35.2 Å². The van der Waals surface area contributed by atoms with Crippen LogP contribution in [-0.4, -0.2) is 27.3 Å². The van der Waals surface area contributed by atoms with Gasteiger partial charge in [0.05, 0.1) is 6.54 Å². The molecule has 0 unspecified atom stereocenters. The molecule has 0 aliphatic heterocycles. The molecule has 1 fully saturated rings. The molecular weight excluding hydrogens is 514 g/mol. The number of hydrogen-bond donors (Lipinski definition) is 2. The smallest absolute Gasteiger partial charge is 0.192 e. The van der Waals surface area contributed by atoms with Gasteiger partial charge in [0.25, 0.3) is 0 Å². The largest absolute Gasteiger partial charge is 0.355 e. The van der Waals surface area contributed by atoms with Gasteiger partial charge in [-0.3, -0.25) is 0 Å². The highest BCUT2D eigenvalue weighted by molar-refractivity contribution is 14.0. The van der Waals surface area contributed by atoms with Crippen LogP contribution < -0.4 is 10.6 Å². The summed E-state index contributed by atoms with van der Waals surface area (Å²) in [6, 6.07) is 11.2. The van der Waals surface area contributed by atoms with Crippen LogP contribution in [0.15, 0.2) is 46.8 Å². The Bertz CT molecular complexity index is 997. The molecule has 1 aromatic carbocycles. The number of nitrogens with zero attached hydrogens (tertiary/aromatic N) is 4. The maximum Gasteiger partial charge on any atom is 0.192 e. The lowest BCUT2D eigenvalue weighted by atomic mass is 9.95. The van der Waals surface area contributed by atoms with Crippen molar-refractivity contribution in [3.05, 3.63) is 69.7 Å². The van der Waals surface area contributed by atoms with Crippen LogP contribution in [-0.2, 0) is 25.6 Å². The Morgan fingerprint density at radius 1 is 1.20 bits per heavy atom. The van der Waals surface area contributed by atoms with Crippen LogP contribution in [0, 0.1) is 12.7 Å². The van der Waals surface area contributed by atoms with Crippen molar-refractivity contribution in [1.29, 1.82) is 0 Å². The predicted octanol–water partition coefficient (Wildman–Crippen LogP) is 3.91. The zero-order valence-electron chi connectivity index (χ0n) is 17.1. The third kappa shape index (κ3) is 5.18. The molecule has 0 amide bonds. The molecule has 30 heavy (non-hydrogen) atoms. The van der Waals surface area contributed by atoms with Gasteiger partial charge in [-0.25, -0.2) is 9.38 Å². The Kier molecular flexibility index (Phi) is 7.45. The number of aromatic nitrogens is 3. The van der Waals surface area contributed by atoms with E-state index in [0.717, 1.165) is 30.1 Å². The number of guanidine groups is 1. The summed E-state index contributed by atoms with van der Waals surface area (Å²) in [5, 5.41) is 17.1. The molecule has 0 atom stereocenters. The van der Waals surface area contributed by atoms with Crippen LogP contribution in [0.5, 0.6) is 0 Å².